The topological polar surface area (TPSA) is 69.0 Å². The van der Waals surface area contributed by atoms with E-state index in [-0.39, 0.29) is 28.8 Å². The van der Waals surface area contributed by atoms with E-state index >= 15 is 0 Å². The van der Waals surface area contributed by atoms with Crippen LogP contribution in [0.2, 0.25) is 10.0 Å². The molecule has 6 nitrogen and oxygen atoms in total. The second-order valence-electron chi connectivity index (χ2n) is 7.13. The maximum absolute atomic E-state index is 13.4. The summed E-state index contributed by atoms with van der Waals surface area (Å²) in [7, 11) is 0. The van der Waals surface area contributed by atoms with Crippen molar-refractivity contribution in [2.75, 3.05) is 0 Å². The summed E-state index contributed by atoms with van der Waals surface area (Å²) in [6.07, 6.45) is -0.536. The van der Waals surface area contributed by atoms with E-state index in [2.05, 4.69) is 15.3 Å². The summed E-state index contributed by atoms with van der Waals surface area (Å²) in [5, 5.41) is 3.34. The lowest BCUT2D eigenvalue weighted by Gasteiger charge is -2.12. The minimum atomic E-state index is -4.85. The SMILES string of the molecule is O=C(NCc1ccc(Oc2ccc(F)c(C(F)(F)F)c2)cn1)c1cccn1-c1ncc(Cl)cc1Cl. The van der Waals surface area contributed by atoms with Gasteiger partial charge in [-0.05, 0) is 48.5 Å². The van der Waals surface area contributed by atoms with Gasteiger partial charge in [-0.3, -0.25) is 14.3 Å². The van der Waals surface area contributed by atoms with E-state index in [0.29, 0.717) is 28.7 Å². The number of aromatic nitrogens is 3. The number of amides is 1. The number of nitrogens with zero attached hydrogens (tertiary/aromatic N) is 3. The standard InChI is InChI=1S/C23H14Cl2F4N4O2/c24-13-8-18(25)21(31-10-13)33-7-1-2-20(33)22(34)32-11-14-3-4-16(12-30-14)35-15-5-6-19(26)17(9-15)23(27,28)29/h1-10,12H,11H2,(H,32,34). The highest BCUT2D eigenvalue weighted by Crippen LogP contribution is 2.34. The second-order valence-corrected chi connectivity index (χ2v) is 7.98. The summed E-state index contributed by atoms with van der Waals surface area (Å²) in [5.41, 5.74) is -0.692. The van der Waals surface area contributed by atoms with Gasteiger partial charge in [-0.25, -0.2) is 9.37 Å². The van der Waals surface area contributed by atoms with E-state index in [1.165, 1.54) is 35.2 Å². The van der Waals surface area contributed by atoms with Crippen molar-refractivity contribution in [3.8, 4) is 17.3 Å². The largest absolute Gasteiger partial charge is 0.456 e. The highest BCUT2D eigenvalue weighted by atomic mass is 35.5. The molecule has 180 valence electrons. The molecule has 3 aromatic heterocycles. The molecule has 0 unspecified atom stereocenters. The number of halogens is 6. The molecular formula is C23H14Cl2F4N4O2. The minimum absolute atomic E-state index is 0.0564. The molecule has 0 aliphatic carbocycles. The zero-order valence-electron chi connectivity index (χ0n) is 17.5. The molecule has 0 aliphatic rings. The van der Waals surface area contributed by atoms with Crippen LogP contribution in [0.1, 0.15) is 21.7 Å². The van der Waals surface area contributed by atoms with Gasteiger partial charge in [0.25, 0.3) is 5.91 Å². The predicted molar refractivity (Wildman–Crippen MR) is 120 cm³/mol. The Labute approximate surface area is 206 Å². The molecule has 12 heteroatoms. The van der Waals surface area contributed by atoms with Crippen LogP contribution in [-0.4, -0.2) is 20.4 Å². The number of ether oxygens (including phenoxy) is 1. The Kier molecular flexibility index (Phi) is 6.95. The molecule has 4 aromatic rings. The van der Waals surface area contributed by atoms with Gasteiger partial charge >= 0.3 is 6.18 Å². The number of alkyl halides is 3. The van der Waals surface area contributed by atoms with E-state index < -0.39 is 23.5 Å². The summed E-state index contributed by atoms with van der Waals surface area (Å²) < 4.78 is 58.9. The lowest BCUT2D eigenvalue weighted by Crippen LogP contribution is -2.25. The molecule has 0 saturated heterocycles. The first-order valence-electron chi connectivity index (χ1n) is 9.88. The van der Waals surface area contributed by atoms with Crippen LogP contribution in [-0.2, 0) is 12.7 Å². The molecule has 0 radical (unpaired) electrons. The molecule has 0 bridgehead atoms. The molecule has 1 amide bonds. The summed E-state index contributed by atoms with van der Waals surface area (Å²) in [4.78, 5) is 21.0. The highest BCUT2D eigenvalue weighted by Gasteiger charge is 2.34. The van der Waals surface area contributed by atoms with Crippen LogP contribution in [0.3, 0.4) is 0 Å². The van der Waals surface area contributed by atoms with Crippen LogP contribution in [0.25, 0.3) is 5.82 Å². The Morgan fingerprint density at radius 1 is 1.03 bits per heavy atom. The number of rotatable bonds is 6. The predicted octanol–water partition coefficient (Wildman–Crippen LogP) is 6.45. The van der Waals surface area contributed by atoms with Crippen molar-refractivity contribution in [1.29, 1.82) is 0 Å². The first-order chi connectivity index (χ1) is 16.6. The maximum Gasteiger partial charge on any atom is 0.419 e. The van der Waals surface area contributed by atoms with E-state index in [1.54, 1.807) is 18.3 Å². The molecule has 3 heterocycles. The van der Waals surface area contributed by atoms with Gasteiger partial charge in [-0.1, -0.05) is 23.2 Å². The third-order valence-electron chi connectivity index (χ3n) is 4.70. The van der Waals surface area contributed by atoms with Gasteiger partial charge in [0.05, 0.1) is 34.0 Å². The van der Waals surface area contributed by atoms with E-state index in [1.807, 2.05) is 0 Å². The van der Waals surface area contributed by atoms with Gasteiger partial charge in [0.15, 0.2) is 5.82 Å². The number of pyridine rings is 2. The summed E-state index contributed by atoms with van der Waals surface area (Å²) in [6.45, 7) is 0.0564. The minimum Gasteiger partial charge on any atom is -0.456 e. The summed E-state index contributed by atoms with van der Waals surface area (Å²) in [5.74, 6) is -1.54. The van der Waals surface area contributed by atoms with Crippen LogP contribution in [0.15, 0.2) is 67.1 Å². The van der Waals surface area contributed by atoms with Crippen LogP contribution >= 0.6 is 23.2 Å². The first-order valence-corrected chi connectivity index (χ1v) is 10.6. The molecular weight excluding hydrogens is 511 g/mol. The number of hydrogen-bond acceptors (Lipinski definition) is 4. The third-order valence-corrected chi connectivity index (χ3v) is 5.19. The fraction of sp³-hybridized carbons (Fsp3) is 0.0870. The average Bonchev–Trinajstić information content (AvgIpc) is 3.28. The maximum atomic E-state index is 13.4. The normalized spacial score (nSPS) is 11.4. The lowest BCUT2D eigenvalue weighted by molar-refractivity contribution is -0.140. The number of nitrogens with one attached hydrogen (secondary N) is 1. The van der Waals surface area contributed by atoms with Crippen molar-refractivity contribution in [3.05, 3.63) is 99.9 Å². The summed E-state index contributed by atoms with van der Waals surface area (Å²) >= 11 is 12.1. The molecule has 0 atom stereocenters. The molecule has 1 N–H and O–H groups in total. The number of hydrogen-bond donors (Lipinski definition) is 1. The van der Waals surface area contributed by atoms with Gasteiger partial charge in [0, 0.05) is 12.4 Å². The van der Waals surface area contributed by atoms with Crippen molar-refractivity contribution in [2.45, 2.75) is 12.7 Å². The zero-order valence-corrected chi connectivity index (χ0v) is 19.0. The highest BCUT2D eigenvalue weighted by molar-refractivity contribution is 6.35. The van der Waals surface area contributed by atoms with Crippen molar-refractivity contribution < 1.29 is 27.1 Å². The smallest absolute Gasteiger partial charge is 0.419 e. The van der Waals surface area contributed by atoms with Gasteiger partial charge in [-0.15, -0.1) is 0 Å². The Morgan fingerprint density at radius 3 is 2.49 bits per heavy atom. The number of carbonyl (C=O) groups excluding carboxylic acids is 1. The van der Waals surface area contributed by atoms with Gasteiger partial charge in [-0.2, -0.15) is 13.2 Å². The fourth-order valence-corrected chi connectivity index (χ4v) is 3.56. The van der Waals surface area contributed by atoms with Crippen LogP contribution in [0.5, 0.6) is 11.5 Å². The molecule has 4 rings (SSSR count). The molecule has 0 fully saturated rings. The van der Waals surface area contributed by atoms with Crippen molar-refractivity contribution >= 4 is 29.1 Å². The van der Waals surface area contributed by atoms with Crippen LogP contribution in [0, 0.1) is 5.82 Å². The molecule has 1 aromatic carbocycles. The van der Waals surface area contributed by atoms with Gasteiger partial charge < -0.3 is 10.1 Å². The van der Waals surface area contributed by atoms with Crippen LogP contribution in [0.4, 0.5) is 17.6 Å². The van der Waals surface area contributed by atoms with Crippen molar-refractivity contribution in [1.82, 2.24) is 19.9 Å². The third kappa shape index (κ3) is 5.72. The number of carbonyl (C=O) groups is 1. The zero-order chi connectivity index (χ0) is 25.2. The Bertz CT molecular complexity index is 1370. The van der Waals surface area contributed by atoms with Crippen molar-refractivity contribution in [2.24, 2.45) is 0 Å². The first kappa shape index (κ1) is 24.5. The quantitative estimate of drug-likeness (QED) is 0.294. The Hall–Kier alpha value is -3.63. The van der Waals surface area contributed by atoms with Gasteiger partial charge in [0.2, 0.25) is 0 Å². The summed E-state index contributed by atoms with van der Waals surface area (Å²) in [6, 6.07) is 10.1. The van der Waals surface area contributed by atoms with Gasteiger partial charge in [0.1, 0.15) is 23.0 Å². The molecule has 0 aliphatic heterocycles. The van der Waals surface area contributed by atoms with Crippen LogP contribution < -0.4 is 10.1 Å². The van der Waals surface area contributed by atoms with Crippen molar-refractivity contribution in [3.63, 3.8) is 0 Å². The average molecular weight is 525 g/mol. The fourth-order valence-electron chi connectivity index (χ4n) is 3.09. The Morgan fingerprint density at radius 2 is 1.80 bits per heavy atom. The second kappa shape index (κ2) is 9.93. The molecule has 35 heavy (non-hydrogen) atoms. The van der Waals surface area contributed by atoms with E-state index in [9.17, 15) is 22.4 Å². The number of benzene rings is 1. The van der Waals surface area contributed by atoms with E-state index in [4.69, 9.17) is 27.9 Å². The Balaban J connectivity index is 1.41. The lowest BCUT2D eigenvalue weighted by atomic mass is 10.2. The molecule has 0 spiro atoms. The molecule has 0 saturated carbocycles. The van der Waals surface area contributed by atoms with E-state index in [0.717, 1.165) is 6.07 Å². The monoisotopic (exact) mass is 524 g/mol.